The Morgan fingerprint density at radius 1 is 1.43 bits per heavy atom. The third-order valence-corrected chi connectivity index (χ3v) is 4.71. The van der Waals surface area contributed by atoms with Crippen LogP contribution in [-0.4, -0.2) is 23.2 Å². The van der Waals surface area contributed by atoms with Crippen LogP contribution in [0.1, 0.15) is 38.2 Å². The summed E-state index contributed by atoms with van der Waals surface area (Å²) in [6, 6.07) is 3.70. The largest absolute Gasteiger partial charge is 0.397 e. The van der Waals surface area contributed by atoms with E-state index in [1.807, 2.05) is 12.1 Å². The fourth-order valence-electron chi connectivity index (χ4n) is 3.18. The standard InChI is InChI=1S/C16H23N3O2/c1-10-2-4-16(21,5-3-10)9-18-14-8-13-11(6-12(14)17)7-15(20)19-13/h6,8,10,18,21H,2-5,7,9,17H2,1H3,(H,19,20). The number of aliphatic hydroxyl groups is 1. The van der Waals surface area contributed by atoms with Crippen molar-refractivity contribution in [1.29, 1.82) is 0 Å². The van der Waals surface area contributed by atoms with E-state index in [1.54, 1.807) is 0 Å². The lowest BCUT2D eigenvalue weighted by Crippen LogP contribution is -2.40. The molecule has 0 saturated heterocycles. The predicted octanol–water partition coefficient (Wildman–Crippen LogP) is 2.12. The molecule has 0 bridgehead atoms. The normalized spacial score (nSPS) is 28.1. The highest BCUT2D eigenvalue weighted by Crippen LogP contribution is 2.34. The lowest BCUT2D eigenvalue weighted by Gasteiger charge is -2.35. The van der Waals surface area contributed by atoms with Crippen molar-refractivity contribution in [3.05, 3.63) is 17.7 Å². The summed E-state index contributed by atoms with van der Waals surface area (Å²) in [4.78, 5) is 11.4. The number of benzene rings is 1. The summed E-state index contributed by atoms with van der Waals surface area (Å²) in [6.45, 7) is 2.73. The first-order valence-electron chi connectivity index (χ1n) is 7.64. The molecule has 5 nitrogen and oxygen atoms in total. The molecule has 1 fully saturated rings. The van der Waals surface area contributed by atoms with Gasteiger partial charge in [0, 0.05) is 12.2 Å². The van der Waals surface area contributed by atoms with E-state index in [1.165, 1.54) is 0 Å². The van der Waals surface area contributed by atoms with Gasteiger partial charge in [0.15, 0.2) is 0 Å². The number of rotatable bonds is 3. The van der Waals surface area contributed by atoms with E-state index in [2.05, 4.69) is 17.6 Å². The molecule has 21 heavy (non-hydrogen) atoms. The highest BCUT2D eigenvalue weighted by atomic mass is 16.3. The van der Waals surface area contributed by atoms with Crippen molar-refractivity contribution in [3.8, 4) is 0 Å². The molecule has 1 aliphatic heterocycles. The molecule has 1 heterocycles. The number of hydrogen-bond acceptors (Lipinski definition) is 4. The number of fused-ring (bicyclic) bond motifs is 1. The van der Waals surface area contributed by atoms with E-state index in [0.717, 1.165) is 42.6 Å². The van der Waals surface area contributed by atoms with Crippen LogP contribution in [0.3, 0.4) is 0 Å². The van der Waals surface area contributed by atoms with Crippen LogP contribution in [0.5, 0.6) is 0 Å². The van der Waals surface area contributed by atoms with Crippen molar-refractivity contribution in [1.82, 2.24) is 0 Å². The molecule has 1 aliphatic carbocycles. The Balaban J connectivity index is 1.68. The molecule has 1 aromatic rings. The van der Waals surface area contributed by atoms with E-state index in [9.17, 15) is 9.90 Å². The van der Waals surface area contributed by atoms with Crippen LogP contribution in [0.15, 0.2) is 12.1 Å². The van der Waals surface area contributed by atoms with Gasteiger partial charge in [-0.1, -0.05) is 6.92 Å². The molecule has 0 radical (unpaired) electrons. The maximum absolute atomic E-state index is 11.4. The van der Waals surface area contributed by atoms with Gasteiger partial charge in [-0.05, 0) is 49.3 Å². The monoisotopic (exact) mass is 289 g/mol. The molecule has 5 heteroatoms. The highest BCUT2D eigenvalue weighted by molar-refractivity contribution is 6.00. The molecule has 2 aliphatic rings. The van der Waals surface area contributed by atoms with Gasteiger partial charge in [-0.3, -0.25) is 4.79 Å². The van der Waals surface area contributed by atoms with Gasteiger partial charge in [-0.2, -0.15) is 0 Å². The quantitative estimate of drug-likeness (QED) is 0.642. The van der Waals surface area contributed by atoms with Crippen molar-refractivity contribution in [2.75, 3.05) is 22.9 Å². The Labute approximate surface area is 124 Å². The van der Waals surface area contributed by atoms with Crippen LogP contribution in [0.2, 0.25) is 0 Å². The summed E-state index contributed by atoms with van der Waals surface area (Å²) in [6.07, 6.45) is 4.16. The predicted molar refractivity (Wildman–Crippen MR) is 84.3 cm³/mol. The fourth-order valence-corrected chi connectivity index (χ4v) is 3.18. The SMILES string of the molecule is CC1CCC(O)(CNc2cc3c(cc2N)CC(=O)N3)CC1. The number of nitrogen functional groups attached to an aromatic ring is 1. The molecule has 0 atom stereocenters. The fraction of sp³-hybridized carbons (Fsp3) is 0.562. The third kappa shape index (κ3) is 2.97. The first kappa shape index (κ1) is 14.2. The van der Waals surface area contributed by atoms with E-state index < -0.39 is 5.60 Å². The second-order valence-electron chi connectivity index (χ2n) is 6.58. The zero-order chi connectivity index (χ0) is 15.0. The molecule has 0 unspecified atom stereocenters. The van der Waals surface area contributed by atoms with Gasteiger partial charge in [-0.25, -0.2) is 0 Å². The van der Waals surface area contributed by atoms with Crippen molar-refractivity contribution in [2.45, 2.75) is 44.6 Å². The number of anilines is 3. The molecular formula is C16H23N3O2. The molecule has 1 aromatic carbocycles. The topological polar surface area (TPSA) is 87.4 Å². The van der Waals surface area contributed by atoms with Gasteiger partial charge < -0.3 is 21.5 Å². The number of carbonyl (C=O) groups excluding carboxylic acids is 1. The van der Waals surface area contributed by atoms with E-state index in [4.69, 9.17) is 5.73 Å². The molecule has 5 N–H and O–H groups in total. The van der Waals surface area contributed by atoms with Gasteiger partial charge >= 0.3 is 0 Å². The lowest BCUT2D eigenvalue weighted by atomic mass is 9.79. The van der Waals surface area contributed by atoms with Crippen LogP contribution in [0.25, 0.3) is 0 Å². The van der Waals surface area contributed by atoms with Crippen LogP contribution < -0.4 is 16.4 Å². The van der Waals surface area contributed by atoms with Gasteiger partial charge in [0.05, 0.1) is 23.4 Å². The molecule has 114 valence electrons. The minimum Gasteiger partial charge on any atom is -0.397 e. The average molecular weight is 289 g/mol. The van der Waals surface area contributed by atoms with E-state index >= 15 is 0 Å². The van der Waals surface area contributed by atoms with E-state index in [0.29, 0.717) is 24.6 Å². The molecule has 1 amide bonds. The number of carbonyl (C=O) groups is 1. The van der Waals surface area contributed by atoms with Gasteiger partial charge in [0.2, 0.25) is 5.91 Å². The first-order valence-corrected chi connectivity index (χ1v) is 7.64. The Kier molecular flexibility index (Phi) is 3.53. The highest BCUT2D eigenvalue weighted by Gasteiger charge is 2.31. The van der Waals surface area contributed by atoms with Crippen molar-refractivity contribution >= 4 is 23.0 Å². The van der Waals surface area contributed by atoms with E-state index in [-0.39, 0.29) is 5.91 Å². The number of nitrogens with one attached hydrogen (secondary N) is 2. The van der Waals surface area contributed by atoms with Gasteiger partial charge in [0.1, 0.15) is 0 Å². The van der Waals surface area contributed by atoms with Crippen LogP contribution in [0.4, 0.5) is 17.1 Å². The Hall–Kier alpha value is -1.75. The van der Waals surface area contributed by atoms with Crippen LogP contribution in [-0.2, 0) is 11.2 Å². The second-order valence-corrected chi connectivity index (χ2v) is 6.58. The zero-order valence-electron chi connectivity index (χ0n) is 12.4. The van der Waals surface area contributed by atoms with Gasteiger partial charge in [-0.15, -0.1) is 0 Å². The summed E-state index contributed by atoms with van der Waals surface area (Å²) in [5.41, 5.74) is 8.55. The minimum atomic E-state index is -0.652. The maximum Gasteiger partial charge on any atom is 0.228 e. The number of amides is 1. The molecule has 0 spiro atoms. The minimum absolute atomic E-state index is 0.00134. The van der Waals surface area contributed by atoms with Crippen LogP contribution in [0, 0.1) is 5.92 Å². The molecule has 1 saturated carbocycles. The third-order valence-electron chi connectivity index (χ3n) is 4.71. The number of hydrogen-bond donors (Lipinski definition) is 4. The molecular weight excluding hydrogens is 266 g/mol. The zero-order valence-corrected chi connectivity index (χ0v) is 12.4. The Bertz CT molecular complexity index is 563. The number of nitrogens with two attached hydrogens (primary N) is 1. The molecule has 3 rings (SSSR count). The lowest BCUT2D eigenvalue weighted by molar-refractivity contribution is -0.115. The molecule has 0 aromatic heterocycles. The average Bonchev–Trinajstić information content (AvgIpc) is 2.79. The Morgan fingerprint density at radius 2 is 2.14 bits per heavy atom. The summed E-state index contributed by atoms with van der Waals surface area (Å²) in [5, 5.41) is 16.7. The summed E-state index contributed by atoms with van der Waals surface area (Å²) in [5.74, 6) is 0.701. The van der Waals surface area contributed by atoms with Crippen molar-refractivity contribution in [2.24, 2.45) is 5.92 Å². The smallest absolute Gasteiger partial charge is 0.228 e. The first-order chi connectivity index (χ1) is 9.95. The summed E-state index contributed by atoms with van der Waals surface area (Å²) >= 11 is 0. The summed E-state index contributed by atoms with van der Waals surface area (Å²) in [7, 11) is 0. The maximum atomic E-state index is 11.4. The van der Waals surface area contributed by atoms with Gasteiger partial charge in [0.25, 0.3) is 0 Å². The van der Waals surface area contributed by atoms with Crippen molar-refractivity contribution < 1.29 is 9.90 Å². The summed E-state index contributed by atoms with van der Waals surface area (Å²) < 4.78 is 0. The van der Waals surface area contributed by atoms with Crippen molar-refractivity contribution in [3.63, 3.8) is 0 Å². The Morgan fingerprint density at radius 3 is 2.86 bits per heavy atom. The second kappa shape index (κ2) is 5.22. The van der Waals surface area contributed by atoms with Crippen LogP contribution >= 0.6 is 0 Å².